The third kappa shape index (κ3) is 3.08. The Balaban J connectivity index is 2.38. The van der Waals surface area contributed by atoms with Gasteiger partial charge in [0, 0.05) is 5.56 Å². The number of para-hydroxylation sites is 1. The fourth-order valence-corrected chi connectivity index (χ4v) is 1.94. The van der Waals surface area contributed by atoms with Gasteiger partial charge in [-0.05, 0) is 18.2 Å². The lowest BCUT2D eigenvalue weighted by molar-refractivity contribution is -0.136. The van der Waals surface area contributed by atoms with Crippen LogP contribution in [0.25, 0.3) is 0 Å². The summed E-state index contributed by atoms with van der Waals surface area (Å²) in [6, 6.07) is 13.6. The Morgan fingerprint density at radius 2 is 1.90 bits per heavy atom. The predicted molar refractivity (Wildman–Crippen MR) is 74.0 cm³/mol. The molecule has 0 heterocycles. The lowest BCUT2D eigenvalue weighted by Gasteiger charge is -2.11. The van der Waals surface area contributed by atoms with Crippen molar-refractivity contribution in [1.82, 2.24) is 0 Å². The highest BCUT2D eigenvalue weighted by molar-refractivity contribution is 6.31. The smallest absolute Gasteiger partial charge is 0.307 e. The summed E-state index contributed by atoms with van der Waals surface area (Å²) in [5.41, 5.74) is 0.753. The minimum Gasteiger partial charge on any atom is -0.481 e. The van der Waals surface area contributed by atoms with Crippen LogP contribution in [0, 0.1) is 11.3 Å². The molecule has 0 bridgehead atoms. The second-order valence-corrected chi connectivity index (χ2v) is 4.41. The summed E-state index contributed by atoms with van der Waals surface area (Å²) in [5, 5.41) is 18.2. The second-order valence-electron chi connectivity index (χ2n) is 4.01. The van der Waals surface area contributed by atoms with Crippen molar-refractivity contribution in [2.45, 2.75) is 6.42 Å². The van der Waals surface area contributed by atoms with Crippen LogP contribution in [-0.2, 0) is 11.2 Å². The molecule has 0 spiro atoms. The Kier molecular flexibility index (Phi) is 4.24. The highest BCUT2D eigenvalue weighted by Crippen LogP contribution is 2.31. The van der Waals surface area contributed by atoms with Crippen LogP contribution in [0.4, 0.5) is 0 Å². The fraction of sp³-hybridized carbons (Fsp3) is 0.0667. The Labute approximate surface area is 120 Å². The summed E-state index contributed by atoms with van der Waals surface area (Å²) in [4.78, 5) is 10.8. The number of halogens is 1. The first kappa shape index (κ1) is 13.9. The first-order valence-electron chi connectivity index (χ1n) is 5.78. The van der Waals surface area contributed by atoms with Crippen molar-refractivity contribution in [2.24, 2.45) is 0 Å². The molecule has 20 heavy (non-hydrogen) atoms. The molecule has 0 aromatic heterocycles. The molecule has 0 aliphatic rings. The van der Waals surface area contributed by atoms with Crippen molar-refractivity contribution in [1.29, 1.82) is 5.26 Å². The fourth-order valence-electron chi connectivity index (χ4n) is 1.73. The minimum absolute atomic E-state index is 0.154. The van der Waals surface area contributed by atoms with E-state index in [4.69, 9.17) is 26.7 Å². The van der Waals surface area contributed by atoms with Crippen LogP contribution in [-0.4, -0.2) is 11.1 Å². The molecule has 0 saturated heterocycles. The molecule has 0 radical (unpaired) electrons. The van der Waals surface area contributed by atoms with Crippen molar-refractivity contribution < 1.29 is 14.6 Å². The van der Waals surface area contributed by atoms with Gasteiger partial charge in [-0.2, -0.15) is 5.26 Å². The molecule has 2 rings (SSSR count). The Morgan fingerprint density at radius 3 is 2.60 bits per heavy atom. The van der Waals surface area contributed by atoms with Gasteiger partial charge < -0.3 is 9.84 Å². The van der Waals surface area contributed by atoms with E-state index in [2.05, 4.69) is 0 Å². The lowest BCUT2D eigenvalue weighted by Crippen LogP contribution is -2.02. The van der Waals surface area contributed by atoms with Crippen molar-refractivity contribution in [3.63, 3.8) is 0 Å². The number of benzene rings is 2. The highest BCUT2D eigenvalue weighted by Gasteiger charge is 2.12. The largest absolute Gasteiger partial charge is 0.481 e. The normalized spacial score (nSPS) is 9.80. The maximum Gasteiger partial charge on any atom is 0.307 e. The van der Waals surface area contributed by atoms with Crippen molar-refractivity contribution in [2.75, 3.05) is 0 Å². The third-order valence-electron chi connectivity index (χ3n) is 2.62. The zero-order chi connectivity index (χ0) is 14.5. The molecule has 1 N–H and O–H groups in total. The molecule has 100 valence electrons. The summed E-state index contributed by atoms with van der Waals surface area (Å²) in [6.45, 7) is 0. The number of ether oxygens (including phenoxy) is 1. The van der Waals surface area contributed by atoms with Gasteiger partial charge in [0.2, 0.25) is 0 Å². The first-order chi connectivity index (χ1) is 9.61. The summed E-state index contributed by atoms with van der Waals surface area (Å²) < 4.78 is 5.64. The monoisotopic (exact) mass is 287 g/mol. The standard InChI is InChI=1S/C15H10ClNO3/c16-12-5-3-7-14(11(12)9-17)20-13-6-2-1-4-10(13)8-15(18)19/h1-7H,8H2,(H,18,19). The average molecular weight is 288 g/mol. The number of carbonyl (C=O) groups is 1. The number of nitriles is 1. The SMILES string of the molecule is N#Cc1c(Cl)cccc1Oc1ccccc1CC(=O)O. The summed E-state index contributed by atoms with van der Waals surface area (Å²) in [7, 11) is 0. The van der Waals surface area contributed by atoms with Crippen LogP contribution < -0.4 is 4.74 Å². The molecule has 0 aliphatic heterocycles. The number of nitrogens with zero attached hydrogens (tertiary/aromatic N) is 1. The van der Waals surface area contributed by atoms with E-state index in [1.807, 2.05) is 6.07 Å². The zero-order valence-corrected chi connectivity index (χ0v) is 11.1. The van der Waals surface area contributed by atoms with Gasteiger partial charge in [0.1, 0.15) is 23.1 Å². The second kappa shape index (κ2) is 6.09. The molecule has 4 nitrogen and oxygen atoms in total. The highest BCUT2D eigenvalue weighted by atomic mass is 35.5. The molecule has 0 aliphatic carbocycles. The van der Waals surface area contributed by atoms with Crippen LogP contribution in [0.1, 0.15) is 11.1 Å². The Morgan fingerprint density at radius 1 is 1.20 bits per heavy atom. The number of hydrogen-bond donors (Lipinski definition) is 1. The number of carboxylic acid groups (broad SMARTS) is 1. The van der Waals surface area contributed by atoms with E-state index in [0.29, 0.717) is 22.1 Å². The lowest BCUT2D eigenvalue weighted by atomic mass is 10.1. The molecule has 0 saturated carbocycles. The van der Waals surface area contributed by atoms with Crippen molar-refractivity contribution >= 4 is 17.6 Å². The van der Waals surface area contributed by atoms with Gasteiger partial charge in [-0.1, -0.05) is 35.9 Å². The van der Waals surface area contributed by atoms with Crippen molar-refractivity contribution in [3.05, 3.63) is 58.6 Å². The summed E-state index contributed by atoms with van der Waals surface area (Å²) in [5.74, 6) is -0.251. The van der Waals surface area contributed by atoms with Crippen molar-refractivity contribution in [3.8, 4) is 17.6 Å². The zero-order valence-electron chi connectivity index (χ0n) is 10.3. The van der Waals surface area contributed by atoms with Crippen LogP contribution in [0.5, 0.6) is 11.5 Å². The number of rotatable bonds is 4. The number of aliphatic carboxylic acids is 1. The van der Waals surface area contributed by atoms with Crippen LogP contribution in [0.3, 0.4) is 0 Å². The molecule has 2 aromatic rings. The molecule has 0 fully saturated rings. The van der Waals surface area contributed by atoms with E-state index in [9.17, 15) is 4.79 Å². The molecule has 2 aromatic carbocycles. The minimum atomic E-state index is -0.951. The van der Waals surface area contributed by atoms with E-state index in [0.717, 1.165) is 0 Å². The molecular weight excluding hydrogens is 278 g/mol. The Hall–Kier alpha value is -2.51. The maximum atomic E-state index is 10.8. The van der Waals surface area contributed by atoms with E-state index >= 15 is 0 Å². The van der Waals surface area contributed by atoms with Gasteiger partial charge in [0.25, 0.3) is 0 Å². The van der Waals surface area contributed by atoms with Crippen LogP contribution in [0.2, 0.25) is 5.02 Å². The Bertz CT molecular complexity index is 692. The van der Waals surface area contributed by atoms with Gasteiger partial charge >= 0.3 is 5.97 Å². The van der Waals surface area contributed by atoms with E-state index in [-0.39, 0.29) is 12.0 Å². The molecule has 0 unspecified atom stereocenters. The summed E-state index contributed by atoms with van der Waals surface area (Å²) in [6.07, 6.45) is -0.154. The van der Waals surface area contributed by atoms with Gasteiger partial charge in [0.15, 0.2) is 0 Å². The third-order valence-corrected chi connectivity index (χ3v) is 2.94. The molecule has 0 amide bonds. The van der Waals surface area contributed by atoms with Gasteiger partial charge in [-0.3, -0.25) is 4.79 Å². The van der Waals surface area contributed by atoms with Gasteiger partial charge in [-0.25, -0.2) is 0 Å². The van der Waals surface area contributed by atoms with E-state index in [1.54, 1.807) is 42.5 Å². The first-order valence-corrected chi connectivity index (χ1v) is 6.16. The van der Waals surface area contributed by atoms with E-state index < -0.39 is 5.97 Å². The number of hydrogen-bond acceptors (Lipinski definition) is 3. The quantitative estimate of drug-likeness (QED) is 0.932. The molecule has 5 heteroatoms. The average Bonchev–Trinajstić information content (AvgIpc) is 2.41. The maximum absolute atomic E-state index is 10.8. The van der Waals surface area contributed by atoms with Gasteiger partial charge in [0.05, 0.1) is 11.4 Å². The topological polar surface area (TPSA) is 70.3 Å². The molecular formula is C15H10ClNO3. The summed E-state index contributed by atoms with van der Waals surface area (Å²) >= 11 is 5.92. The molecule has 0 atom stereocenters. The predicted octanol–water partition coefficient (Wildman–Crippen LogP) is 3.63. The number of carboxylic acids is 1. The van der Waals surface area contributed by atoms with Crippen LogP contribution in [0.15, 0.2) is 42.5 Å². The van der Waals surface area contributed by atoms with E-state index in [1.165, 1.54) is 0 Å². The van der Waals surface area contributed by atoms with Crippen LogP contribution >= 0.6 is 11.6 Å². The van der Waals surface area contributed by atoms with Gasteiger partial charge in [-0.15, -0.1) is 0 Å².